The standard InChI is InChI=1S/C18H29NO2/c1-4-10-19-17(16-9-11-21-18(16)5-2)13-14-7-6-8-15(12-14)20-3/h6-8,12,16-19H,4-5,9-11,13H2,1-3H3. The SMILES string of the molecule is CCCNC(Cc1cccc(OC)c1)C1CCOC1CC. The third-order valence-electron chi connectivity index (χ3n) is 4.43. The van der Waals surface area contributed by atoms with Crippen molar-refractivity contribution in [3.8, 4) is 5.75 Å². The highest BCUT2D eigenvalue weighted by atomic mass is 16.5. The van der Waals surface area contributed by atoms with Gasteiger partial charge < -0.3 is 14.8 Å². The van der Waals surface area contributed by atoms with Crippen molar-refractivity contribution in [1.29, 1.82) is 0 Å². The lowest BCUT2D eigenvalue weighted by Gasteiger charge is -2.28. The van der Waals surface area contributed by atoms with Crippen LogP contribution in [0.15, 0.2) is 24.3 Å². The topological polar surface area (TPSA) is 30.5 Å². The summed E-state index contributed by atoms with van der Waals surface area (Å²) in [5.41, 5.74) is 1.34. The maximum Gasteiger partial charge on any atom is 0.119 e. The van der Waals surface area contributed by atoms with E-state index >= 15 is 0 Å². The second-order valence-electron chi connectivity index (χ2n) is 5.89. The van der Waals surface area contributed by atoms with Crippen LogP contribution in [0.5, 0.6) is 5.75 Å². The van der Waals surface area contributed by atoms with Crippen LogP contribution in [-0.4, -0.2) is 32.4 Å². The Labute approximate surface area is 129 Å². The van der Waals surface area contributed by atoms with Gasteiger partial charge in [-0.1, -0.05) is 26.0 Å². The lowest BCUT2D eigenvalue weighted by molar-refractivity contribution is 0.0774. The molecule has 3 atom stereocenters. The summed E-state index contributed by atoms with van der Waals surface area (Å²) in [5, 5.41) is 3.74. The van der Waals surface area contributed by atoms with E-state index in [1.807, 2.05) is 6.07 Å². The molecule has 0 aromatic heterocycles. The summed E-state index contributed by atoms with van der Waals surface area (Å²) >= 11 is 0. The normalized spacial score (nSPS) is 23.2. The van der Waals surface area contributed by atoms with Gasteiger partial charge in [0.05, 0.1) is 13.2 Å². The third kappa shape index (κ3) is 4.45. The maximum atomic E-state index is 5.89. The van der Waals surface area contributed by atoms with Gasteiger partial charge in [-0.3, -0.25) is 0 Å². The largest absolute Gasteiger partial charge is 0.497 e. The molecule has 118 valence electrons. The molecule has 3 unspecified atom stereocenters. The molecule has 1 aromatic rings. The van der Waals surface area contributed by atoms with Crippen molar-refractivity contribution in [2.45, 2.75) is 51.7 Å². The molecular weight excluding hydrogens is 262 g/mol. The number of benzene rings is 1. The predicted octanol–water partition coefficient (Wildman–Crippen LogP) is 3.42. The number of rotatable bonds is 8. The van der Waals surface area contributed by atoms with E-state index in [2.05, 4.69) is 37.4 Å². The molecule has 3 nitrogen and oxygen atoms in total. The Morgan fingerprint density at radius 3 is 2.95 bits per heavy atom. The fourth-order valence-corrected chi connectivity index (χ4v) is 3.30. The molecule has 1 saturated heterocycles. The fraction of sp³-hybridized carbons (Fsp3) is 0.667. The monoisotopic (exact) mass is 291 g/mol. The predicted molar refractivity (Wildman–Crippen MR) is 86.9 cm³/mol. The first kappa shape index (κ1) is 16.3. The molecule has 21 heavy (non-hydrogen) atoms. The number of methoxy groups -OCH3 is 1. The van der Waals surface area contributed by atoms with E-state index < -0.39 is 0 Å². The molecule has 0 aliphatic carbocycles. The van der Waals surface area contributed by atoms with Gasteiger partial charge in [-0.15, -0.1) is 0 Å². The number of hydrogen-bond acceptors (Lipinski definition) is 3. The van der Waals surface area contributed by atoms with E-state index in [-0.39, 0.29) is 0 Å². The first-order valence-corrected chi connectivity index (χ1v) is 8.26. The average molecular weight is 291 g/mol. The van der Waals surface area contributed by atoms with Crippen molar-refractivity contribution >= 4 is 0 Å². The molecular formula is C18H29NO2. The highest BCUT2D eigenvalue weighted by Gasteiger charge is 2.33. The van der Waals surface area contributed by atoms with Crippen LogP contribution in [0.25, 0.3) is 0 Å². The fourth-order valence-electron chi connectivity index (χ4n) is 3.30. The molecule has 0 bridgehead atoms. The van der Waals surface area contributed by atoms with E-state index in [0.29, 0.717) is 18.1 Å². The Morgan fingerprint density at radius 2 is 2.24 bits per heavy atom. The van der Waals surface area contributed by atoms with Crippen molar-refractivity contribution < 1.29 is 9.47 Å². The van der Waals surface area contributed by atoms with E-state index in [1.165, 1.54) is 18.4 Å². The van der Waals surface area contributed by atoms with Crippen LogP contribution in [0.1, 0.15) is 38.7 Å². The number of ether oxygens (including phenoxy) is 2. The maximum absolute atomic E-state index is 5.89. The molecule has 1 aromatic carbocycles. The van der Waals surface area contributed by atoms with Gasteiger partial charge in [0.15, 0.2) is 0 Å². The van der Waals surface area contributed by atoms with Crippen LogP contribution >= 0.6 is 0 Å². The minimum Gasteiger partial charge on any atom is -0.497 e. The number of nitrogens with one attached hydrogen (secondary N) is 1. The van der Waals surface area contributed by atoms with Crippen LogP contribution in [0.2, 0.25) is 0 Å². The molecule has 0 saturated carbocycles. The summed E-state index contributed by atoms with van der Waals surface area (Å²) in [6.45, 7) is 6.43. The van der Waals surface area contributed by atoms with Gasteiger partial charge in [-0.2, -0.15) is 0 Å². The van der Waals surface area contributed by atoms with E-state index in [0.717, 1.165) is 31.7 Å². The second kappa shape index (κ2) is 8.40. The first-order valence-electron chi connectivity index (χ1n) is 8.26. The van der Waals surface area contributed by atoms with E-state index in [4.69, 9.17) is 9.47 Å². The second-order valence-corrected chi connectivity index (χ2v) is 5.89. The highest BCUT2D eigenvalue weighted by Crippen LogP contribution is 2.28. The molecule has 1 N–H and O–H groups in total. The van der Waals surface area contributed by atoms with Crippen LogP contribution in [-0.2, 0) is 11.2 Å². The Kier molecular flexibility index (Phi) is 6.52. The number of hydrogen-bond donors (Lipinski definition) is 1. The van der Waals surface area contributed by atoms with E-state index in [1.54, 1.807) is 7.11 Å². The summed E-state index contributed by atoms with van der Waals surface area (Å²) in [5.74, 6) is 1.56. The van der Waals surface area contributed by atoms with E-state index in [9.17, 15) is 0 Å². The average Bonchev–Trinajstić information content (AvgIpc) is 3.00. The van der Waals surface area contributed by atoms with Crippen molar-refractivity contribution in [2.24, 2.45) is 5.92 Å². The van der Waals surface area contributed by atoms with Crippen molar-refractivity contribution in [3.63, 3.8) is 0 Å². The molecule has 1 fully saturated rings. The molecule has 1 aliphatic heterocycles. The minimum absolute atomic E-state index is 0.407. The summed E-state index contributed by atoms with van der Waals surface area (Å²) in [6.07, 6.45) is 4.89. The Bertz CT molecular complexity index is 421. The zero-order chi connectivity index (χ0) is 15.1. The van der Waals surface area contributed by atoms with Crippen LogP contribution in [0, 0.1) is 5.92 Å². The van der Waals surface area contributed by atoms with Gasteiger partial charge in [0.25, 0.3) is 0 Å². The van der Waals surface area contributed by atoms with Crippen LogP contribution in [0.3, 0.4) is 0 Å². The molecule has 2 rings (SSSR count). The molecule has 0 amide bonds. The Hall–Kier alpha value is -1.06. The lowest BCUT2D eigenvalue weighted by atomic mass is 9.87. The highest BCUT2D eigenvalue weighted by molar-refractivity contribution is 5.29. The molecule has 1 aliphatic rings. The van der Waals surface area contributed by atoms with Gasteiger partial charge >= 0.3 is 0 Å². The first-order chi connectivity index (χ1) is 10.3. The zero-order valence-electron chi connectivity index (χ0n) is 13.6. The van der Waals surface area contributed by atoms with Gasteiger partial charge in [0.1, 0.15) is 5.75 Å². The molecule has 0 radical (unpaired) electrons. The zero-order valence-corrected chi connectivity index (χ0v) is 13.6. The summed E-state index contributed by atoms with van der Waals surface area (Å²) in [7, 11) is 1.73. The van der Waals surface area contributed by atoms with Crippen molar-refractivity contribution in [2.75, 3.05) is 20.3 Å². The minimum atomic E-state index is 0.407. The van der Waals surface area contributed by atoms with Gasteiger partial charge in [0.2, 0.25) is 0 Å². The van der Waals surface area contributed by atoms with Crippen molar-refractivity contribution in [1.82, 2.24) is 5.32 Å². The van der Waals surface area contributed by atoms with Gasteiger partial charge in [0, 0.05) is 18.6 Å². The molecule has 0 spiro atoms. The van der Waals surface area contributed by atoms with Crippen LogP contribution < -0.4 is 10.1 Å². The van der Waals surface area contributed by atoms with Gasteiger partial charge in [-0.25, -0.2) is 0 Å². The Balaban J connectivity index is 2.07. The molecule has 3 heteroatoms. The Morgan fingerprint density at radius 1 is 1.38 bits per heavy atom. The summed E-state index contributed by atoms with van der Waals surface area (Å²) in [4.78, 5) is 0. The summed E-state index contributed by atoms with van der Waals surface area (Å²) < 4.78 is 11.2. The van der Waals surface area contributed by atoms with Crippen molar-refractivity contribution in [3.05, 3.63) is 29.8 Å². The molecule has 1 heterocycles. The van der Waals surface area contributed by atoms with Crippen LogP contribution in [0.4, 0.5) is 0 Å². The lowest BCUT2D eigenvalue weighted by Crippen LogP contribution is -2.41. The quantitative estimate of drug-likeness (QED) is 0.796. The summed E-state index contributed by atoms with van der Waals surface area (Å²) in [6, 6.07) is 8.92. The van der Waals surface area contributed by atoms with Gasteiger partial charge in [-0.05, 0) is 49.9 Å². The third-order valence-corrected chi connectivity index (χ3v) is 4.43. The smallest absolute Gasteiger partial charge is 0.119 e.